The van der Waals surface area contributed by atoms with Crippen molar-refractivity contribution in [1.29, 1.82) is 0 Å². The second-order valence-electron chi connectivity index (χ2n) is 6.70. The summed E-state index contributed by atoms with van der Waals surface area (Å²) in [6.07, 6.45) is 7.02. The lowest BCUT2D eigenvalue weighted by Gasteiger charge is -2.22. The average Bonchev–Trinajstić information content (AvgIpc) is 3.05. The molecule has 2 amide bonds. The molecule has 0 aliphatic heterocycles. The number of pyridine rings is 1. The van der Waals surface area contributed by atoms with Gasteiger partial charge in [-0.3, -0.25) is 14.6 Å². The Hall–Kier alpha value is -3.61. The Morgan fingerprint density at radius 1 is 1.00 bits per heavy atom. The fourth-order valence-corrected chi connectivity index (χ4v) is 3.48. The van der Waals surface area contributed by atoms with Crippen molar-refractivity contribution in [2.75, 3.05) is 0 Å². The number of carbonyl (C=O) groups excluding carboxylic acids is 2. The Kier molecular flexibility index (Phi) is 4.80. The number of amides is 2. The first-order valence-corrected chi connectivity index (χ1v) is 9.00. The summed E-state index contributed by atoms with van der Waals surface area (Å²) in [6, 6.07) is 11.1. The molecule has 7 heteroatoms. The van der Waals surface area contributed by atoms with E-state index < -0.39 is 0 Å². The number of hydrogen-bond acceptors (Lipinski definition) is 5. The zero-order chi connectivity index (χ0) is 19.5. The second kappa shape index (κ2) is 7.56. The van der Waals surface area contributed by atoms with Crippen LogP contribution in [-0.2, 0) is 11.2 Å². The van der Waals surface area contributed by atoms with E-state index in [1.165, 1.54) is 19.3 Å². The summed E-state index contributed by atoms with van der Waals surface area (Å²) in [6.45, 7) is 1.48. The largest absolute Gasteiger partial charge is 0.351 e. The molecule has 0 saturated carbocycles. The van der Waals surface area contributed by atoms with E-state index in [4.69, 9.17) is 0 Å². The van der Waals surface area contributed by atoms with Crippen molar-refractivity contribution in [3.63, 3.8) is 0 Å². The number of nitrogens with zero attached hydrogens (tertiary/aromatic N) is 3. The SMILES string of the molecule is CC(=O)NC1Cc2ccccc2C1NC(=O)c1cnc(-c2cccnc2)nc1. The van der Waals surface area contributed by atoms with E-state index in [-0.39, 0.29) is 23.9 Å². The molecule has 1 aromatic carbocycles. The smallest absolute Gasteiger partial charge is 0.254 e. The van der Waals surface area contributed by atoms with Crippen molar-refractivity contribution < 1.29 is 9.59 Å². The van der Waals surface area contributed by atoms with Gasteiger partial charge in [-0.15, -0.1) is 0 Å². The molecule has 0 spiro atoms. The first-order valence-electron chi connectivity index (χ1n) is 9.00. The van der Waals surface area contributed by atoms with Gasteiger partial charge in [-0.25, -0.2) is 9.97 Å². The molecule has 28 heavy (non-hydrogen) atoms. The minimum atomic E-state index is -0.300. The molecule has 2 atom stereocenters. The van der Waals surface area contributed by atoms with Crippen molar-refractivity contribution >= 4 is 11.8 Å². The Morgan fingerprint density at radius 2 is 1.79 bits per heavy atom. The lowest BCUT2D eigenvalue weighted by atomic mass is 10.1. The highest BCUT2D eigenvalue weighted by molar-refractivity contribution is 5.94. The van der Waals surface area contributed by atoms with E-state index >= 15 is 0 Å². The van der Waals surface area contributed by atoms with Crippen molar-refractivity contribution in [3.8, 4) is 11.4 Å². The number of rotatable bonds is 4. The van der Waals surface area contributed by atoms with E-state index in [2.05, 4.69) is 25.6 Å². The van der Waals surface area contributed by atoms with Crippen LogP contribution >= 0.6 is 0 Å². The molecule has 7 nitrogen and oxygen atoms in total. The van der Waals surface area contributed by atoms with E-state index in [1.807, 2.05) is 30.3 Å². The van der Waals surface area contributed by atoms with Crippen LogP contribution in [0.15, 0.2) is 61.2 Å². The number of benzene rings is 1. The third-order valence-corrected chi connectivity index (χ3v) is 4.74. The summed E-state index contributed by atoms with van der Waals surface area (Å²) in [4.78, 5) is 36.9. The van der Waals surface area contributed by atoms with Crippen molar-refractivity contribution in [2.24, 2.45) is 0 Å². The maximum absolute atomic E-state index is 12.8. The standard InChI is InChI=1S/C21H19N5O2/c1-13(27)25-18-9-14-5-2-3-7-17(14)19(18)26-21(28)16-11-23-20(24-12-16)15-6-4-8-22-10-15/h2-8,10-12,18-19H,9H2,1H3,(H,25,27)(H,26,28). The first-order chi connectivity index (χ1) is 13.6. The highest BCUT2D eigenvalue weighted by Crippen LogP contribution is 2.31. The Balaban J connectivity index is 1.54. The Labute approximate surface area is 162 Å². The van der Waals surface area contributed by atoms with Gasteiger partial charge in [0.15, 0.2) is 5.82 Å². The average molecular weight is 373 g/mol. The number of aromatic nitrogens is 3. The van der Waals surface area contributed by atoms with E-state index in [0.717, 1.165) is 16.7 Å². The van der Waals surface area contributed by atoms with E-state index in [1.54, 1.807) is 18.5 Å². The van der Waals surface area contributed by atoms with Gasteiger partial charge in [0, 0.05) is 37.3 Å². The maximum atomic E-state index is 12.8. The van der Waals surface area contributed by atoms with Crippen LogP contribution in [0.4, 0.5) is 0 Å². The van der Waals surface area contributed by atoms with Crippen LogP contribution in [0.25, 0.3) is 11.4 Å². The molecule has 0 radical (unpaired) electrons. The summed E-state index contributed by atoms with van der Waals surface area (Å²) >= 11 is 0. The molecule has 2 unspecified atom stereocenters. The second-order valence-corrected chi connectivity index (χ2v) is 6.70. The minimum Gasteiger partial charge on any atom is -0.351 e. The van der Waals surface area contributed by atoms with Gasteiger partial charge in [-0.05, 0) is 29.7 Å². The van der Waals surface area contributed by atoms with E-state index in [9.17, 15) is 9.59 Å². The summed E-state index contributed by atoms with van der Waals surface area (Å²) in [7, 11) is 0. The predicted octanol–water partition coefficient (Wildman–Crippen LogP) is 2.07. The highest BCUT2D eigenvalue weighted by Gasteiger charge is 2.34. The topological polar surface area (TPSA) is 96.9 Å². The van der Waals surface area contributed by atoms with Gasteiger partial charge in [0.1, 0.15) is 0 Å². The van der Waals surface area contributed by atoms with Gasteiger partial charge in [0.2, 0.25) is 5.91 Å². The lowest BCUT2D eigenvalue weighted by molar-refractivity contribution is -0.119. The minimum absolute atomic E-state index is 0.124. The Bertz CT molecular complexity index is 1000. The predicted molar refractivity (Wildman–Crippen MR) is 103 cm³/mol. The van der Waals surface area contributed by atoms with Crippen LogP contribution in [-0.4, -0.2) is 32.8 Å². The van der Waals surface area contributed by atoms with Crippen LogP contribution in [0, 0.1) is 0 Å². The van der Waals surface area contributed by atoms with Gasteiger partial charge >= 0.3 is 0 Å². The van der Waals surface area contributed by atoms with Gasteiger partial charge < -0.3 is 10.6 Å². The molecule has 2 heterocycles. The molecule has 0 saturated heterocycles. The van der Waals surface area contributed by atoms with Gasteiger partial charge in [0.25, 0.3) is 5.91 Å². The normalized spacial score (nSPS) is 17.6. The van der Waals surface area contributed by atoms with Gasteiger partial charge in [0.05, 0.1) is 17.6 Å². The molecule has 1 aliphatic carbocycles. The molecule has 1 aliphatic rings. The summed E-state index contributed by atoms with van der Waals surface area (Å²) in [5.41, 5.74) is 3.28. The van der Waals surface area contributed by atoms with Crippen LogP contribution in [0.2, 0.25) is 0 Å². The molecule has 4 rings (SSSR count). The Morgan fingerprint density at radius 3 is 2.50 bits per heavy atom. The quantitative estimate of drug-likeness (QED) is 0.730. The van der Waals surface area contributed by atoms with Crippen LogP contribution in [0.1, 0.15) is 34.5 Å². The van der Waals surface area contributed by atoms with Crippen LogP contribution in [0.5, 0.6) is 0 Å². The van der Waals surface area contributed by atoms with E-state index in [0.29, 0.717) is 17.8 Å². The fraction of sp³-hybridized carbons (Fsp3) is 0.190. The maximum Gasteiger partial charge on any atom is 0.254 e. The number of carbonyl (C=O) groups is 2. The van der Waals surface area contributed by atoms with Crippen LogP contribution < -0.4 is 10.6 Å². The molecular formula is C21H19N5O2. The highest BCUT2D eigenvalue weighted by atomic mass is 16.2. The van der Waals surface area contributed by atoms with Gasteiger partial charge in [-0.2, -0.15) is 0 Å². The van der Waals surface area contributed by atoms with Crippen LogP contribution in [0.3, 0.4) is 0 Å². The first kappa shape index (κ1) is 17.8. The van der Waals surface area contributed by atoms with Crippen molar-refractivity contribution in [1.82, 2.24) is 25.6 Å². The number of hydrogen-bond donors (Lipinski definition) is 2. The number of fused-ring (bicyclic) bond motifs is 1. The summed E-state index contributed by atoms with van der Waals surface area (Å²) in [5.74, 6) is 0.1000. The third kappa shape index (κ3) is 3.59. The molecule has 0 bridgehead atoms. The van der Waals surface area contributed by atoms with Crippen molar-refractivity contribution in [3.05, 3.63) is 77.9 Å². The third-order valence-electron chi connectivity index (χ3n) is 4.74. The van der Waals surface area contributed by atoms with Crippen molar-refractivity contribution in [2.45, 2.75) is 25.4 Å². The summed E-state index contributed by atoms with van der Waals surface area (Å²) in [5, 5.41) is 5.95. The molecule has 2 aromatic heterocycles. The monoisotopic (exact) mass is 373 g/mol. The lowest BCUT2D eigenvalue weighted by Crippen LogP contribution is -2.43. The molecule has 140 valence electrons. The van der Waals surface area contributed by atoms with Gasteiger partial charge in [-0.1, -0.05) is 24.3 Å². The molecule has 2 N–H and O–H groups in total. The fourth-order valence-electron chi connectivity index (χ4n) is 3.48. The molecular weight excluding hydrogens is 354 g/mol. The zero-order valence-corrected chi connectivity index (χ0v) is 15.3. The zero-order valence-electron chi connectivity index (χ0n) is 15.3. The summed E-state index contributed by atoms with van der Waals surface area (Å²) < 4.78 is 0. The molecule has 0 fully saturated rings. The number of nitrogens with one attached hydrogen (secondary N) is 2. The molecule has 3 aromatic rings.